The summed E-state index contributed by atoms with van der Waals surface area (Å²) < 4.78 is 4.88. The van der Waals surface area contributed by atoms with Crippen LogP contribution in [0.15, 0.2) is 0 Å². The molecular formula is C3H3NO3S. The molecule has 0 N–H and O–H groups in total. The minimum Gasteiger partial charge on any atom is -0.438 e. The van der Waals surface area contributed by atoms with Crippen LogP contribution in [0.3, 0.4) is 0 Å². The number of cyclic esters (lactones) is 1. The Hall–Kier alpha value is -0.710. The molecule has 4 nitrogen and oxygen atoms in total. The van der Waals surface area contributed by atoms with Gasteiger partial charge in [0.25, 0.3) is 5.91 Å². The molecule has 8 heavy (non-hydrogen) atoms. The van der Waals surface area contributed by atoms with Gasteiger partial charge in [-0.2, -0.15) is 4.31 Å². The quantitative estimate of drug-likeness (QED) is 0.466. The average Bonchev–Trinajstić information content (AvgIpc) is 1.98. The van der Waals surface area contributed by atoms with Crippen molar-refractivity contribution in [1.29, 1.82) is 0 Å². The Morgan fingerprint density at radius 3 is 2.38 bits per heavy atom. The Morgan fingerprint density at radius 2 is 2.25 bits per heavy atom. The second-order valence-corrected chi connectivity index (χ2v) is 1.66. The molecule has 0 aliphatic carbocycles. The predicted molar refractivity (Wildman–Crippen MR) is 27.2 cm³/mol. The molecular weight excluding hydrogens is 130 g/mol. The van der Waals surface area contributed by atoms with Crippen molar-refractivity contribution in [3.05, 3.63) is 0 Å². The van der Waals surface area contributed by atoms with E-state index in [9.17, 15) is 9.59 Å². The number of carbonyl (C=O) groups is 2. The van der Waals surface area contributed by atoms with Crippen molar-refractivity contribution >= 4 is 24.8 Å². The van der Waals surface area contributed by atoms with Gasteiger partial charge in [-0.05, 0) is 0 Å². The highest BCUT2D eigenvalue weighted by Crippen LogP contribution is 2.05. The first-order chi connectivity index (χ1) is 3.72. The SMILES string of the molecule is O=C1COC(=O)N1S. The molecule has 1 fully saturated rings. The number of thiol groups is 1. The predicted octanol–water partition coefficient (Wildman–Crippen LogP) is -0.190. The third-order valence-electron chi connectivity index (χ3n) is 0.728. The summed E-state index contributed by atoms with van der Waals surface area (Å²) in [5, 5.41) is 0. The maximum absolute atomic E-state index is 10.3. The summed E-state index contributed by atoms with van der Waals surface area (Å²) in [5.41, 5.74) is 0. The summed E-state index contributed by atoms with van der Waals surface area (Å²) in [6.07, 6.45) is -0.696. The van der Waals surface area contributed by atoms with Crippen LogP contribution in [0.1, 0.15) is 0 Å². The van der Waals surface area contributed by atoms with Crippen LogP contribution in [0.2, 0.25) is 0 Å². The van der Waals surface area contributed by atoms with Gasteiger partial charge < -0.3 is 4.74 Å². The van der Waals surface area contributed by atoms with Crippen LogP contribution in [0.5, 0.6) is 0 Å². The van der Waals surface area contributed by atoms with Crippen LogP contribution in [-0.4, -0.2) is 22.9 Å². The lowest BCUT2D eigenvalue weighted by molar-refractivity contribution is -0.122. The van der Waals surface area contributed by atoms with E-state index in [4.69, 9.17) is 0 Å². The summed E-state index contributed by atoms with van der Waals surface area (Å²) >= 11 is 3.49. The van der Waals surface area contributed by atoms with E-state index < -0.39 is 12.0 Å². The van der Waals surface area contributed by atoms with E-state index in [1.807, 2.05) is 0 Å². The molecule has 1 rings (SSSR count). The Balaban J connectivity index is 2.70. The first-order valence-corrected chi connectivity index (χ1v) is 2.30. The monoisotopic (exact) mass is 133 g/mol. The molecule has 0 radical (unpaired) electrons. The van der Waals surface area contributed by atoms with E-state index in [0.717, 1.165) is 0 Å². The van der Waals surface area contributed by atoms with Gasteiger partial charge in [0.05, 0.1) is 0 Å². The Labute approximate surface area is 51.0 Å². The normalized spacial score (nSPS) is 19.4. The number of amides is 2. The number of ether oxygens (including phenoxy) is 1. The summed E-state index contributed by atoms with van der Waals surface area (Å²) in [7, 11) is 0. The van der Waals surface area contributed by atoms with Gasteiger partial charge in [-0.15, -0.1) is 0 Å². The number of hydrogen-bond donors (Lipinski definition) is 1. The van der Waals surface area contributed by atoms with Gasteiger partial charge in [0, 0.05) is 0 Å². The summed E-state index contributed by atoms with van der Waals surface area (Å²) in [6, 6.07) is 0. The maximum Gasteiger partial charge on any atom is 0.427 e. The fourth-order valence-electron chi connectivity index (χ4n) is 0.348. The smallest absolute Gasteiger partial charge is 0.427 e. The highest BCUT2D eigenvalue weighted by atomic mass is 32.1. The van der Waals surface area contributed by atoms with E-state index in [-0.39, 0.29) is 6.61 Å². The number of carbonyl (C=O) groups excluding carboxylic acids is 2. The molecule has 0 aromatic heterocycles. The molecule has 2 amide bonds. The van der Waals surface area contributed by atoms with Gasteiger partial charge in [-0.1, -0.05) is 12.8 Å². The van der Waals surface area contributed by atoms with Crippen LogP contribution in [0.4, 0.5) is 4.79 Å². The highest BCUT2D eigenvalue weighted by Gasteiger charge is 2.27. The molecule has 0 atom stereocenters. The lowest BCUT2D eigenvalue weighted by Crippen LogP contribution is -2.17. The molecule has 0 saturated carbocycles. The van der Waals surface area contributed by atoms with Gasteiger partial charge in [0.2, 0.25) is 0 Å². The van der Waals surface area contributed by atoms with E-state index in [1.54, 1.807) is 0 Å². The van der Waals surface area contributed by atoms with E-state index in [2.05, 4.69) is 17.6 Å². The van der Waals surface area contributed by atoms with Crippen molar-refractivity contribution in [2.24, 2.45) is 0 Å². The third-order valence-corrected chi connectivity index (χ3v) is 1.11. The van der Waals surface area contributed by atoms with Gasteiger partial charge in [-0.25, -0.2) is 4.79 Å². The third kappa shape index (κ3) is 0.645. The molecule has 1 saturated heterocycles. The maximum atomic E-state index is 10.3. The second kappa shape index (κ2) is 1.66. The Kier molecular flexibility index (Phi) is 1.13. The molecule has 1 aliphatic rings. The molecule has 0 aromatic rings. The fraction of sp³-hybridized carbons (Fsp3) is 0.333. The van der Waals surface area contributed by atoms with E-state index >= 15 is 0 Å². The molecule has 0 spiro atoms. The lowest BCUT2D eigenvalue weighted by atomic mass is 10.7. The topological polar surface area (TPSA) is 46.6 Å². The first kappa shape index (κ1) is 5.43. The summed E-state index contributed by atoms with van der Waals surface area (Å²) in [5.74, 6) is -0.418. The standard InChI is InChI=1S/C3H3NO3S/c5-2-1-7-3(6)4(2)8/h8H,1H2. The number of rotatable bonds is 0. The first-order valence-electron chi connectivity index (χ1n) is 1.90. The van der Waals surface area contributed by atoms with Gasteiger partial charge in [-0.3, -0.25) is 4.79 Å². The highest BCUT2D eigenvalue weighted by molar-refractivity contribution is 7.79. The van der Waals surface area contributed by atoms with Crippen molar-refractivity contribution in [3.8, 4) is 0 Å². The van der Waals surface area contributed by atoms with Gasteiger partial charge >= 0.3 is 6.09 Å². The molecule has 1 aliphatic heterocycles. The van der Waals surface area contributed by atoms with Crippen molar-refractivity contribution in [3.63, 3.8) is 0 Å². The second-order valence-electron chi connectivity index (χ2n) is 1.26. The Bertz CT molecular complexity index is 129. The summed E-state index contributed by atoms with van der Waals surface area (Å²) in [4.78, 5) is 20.5. The van der Waals surface area contributed by atoms with Crippen LogP contribution in [-0.2, 0) is 9.53 Å². The molecule has 5 heteroatoms. The van der Waals surface area contributed by atoms with Crippen LogP contribution < -0.4 is 0 Å². The molecule has 1 heterocycles. The zero-order valence-electron chi connectivity index (χ0n) is 3.83. The zero-order chi connectivity index (χ0) is 6.15. The number of hydrogen-bond acceptors (Lipinski definition) is 4. The van der Waals surface area contributed by atoms with Crippen molar-refractivity contribution < 1.29 is 14.3 Å². The summed E-state index contributed by atoms with van der Waals surface area (Å²) in [6.45, 7) is -0.178. The van der Waals surface area contributed by atoms with Crippen LogP contribution in [0, 0.1) is 0 Å². The fourth-order valence-corrected chi connectivity index (χ4v) is 0.463. The number of nitrogens with zero attached hydrogens (tertiary/aromatic N) is 1. The van der Waals surface area contributed by atoms with Crippen molar-refractivity contribution in [1.82, 2.24) is 4.31 Å². The largest absolute Gasteiger partial charge is 0.438 e. The Morgan fingerprint density at radius 1 is 1.62 bits per heavy atom. The number of imide groups is 1. The molecule has 0 unspecified atom stereocenters. The minimum atomic E-state index is -0.696. The zero-order valence-corrected chi connectivity index (χ0v) is 4.72. The molecule has 0 bridgehead atoms. The minimum absolute atomic E-state index is 0.178. The lowest BCUT2D eigenvalue weighted by Gasteiger charge is -1.94. The molecule has 0 aromatic carbocycles. The molecule has 44 valence electrons. The van der Waals surface area contributed by atoms with Crippen molar-refractivity contribution in [2.45, 2.75) is 0 Å². The van der Waals surface area contributed by atoms with Gasteiger partial charge in [0.1, 0.15) is 0 Å². The van der Waals surface area contributed by atoms with E-state index in [0.29, 0.717) is 4.31 Å². The van der Waals surface area contributed by atoms with Gasteiger partial charge in [0.15, 0.2) is 6.61 Å². The van der Waals surface area contributed by atoms with Crippen LogP contribution >= 0.6 is 12.8 Å². The van der Waals surface area contributed by atoms with Crippen LogP contribution in [0.25, 0.3) is 0 Å². The van der Waals surface area contributed by atoms with E-state index in [1.165, 1.54) is 0 Å². The van der Waals surface area contributed by atoms with Crippen molar-refractivity contribution in [2.75, 3.05) is 6.61 Å². The average molecular weight is 133 g/mol.